The Balaban J connectivity index is 1.35. The van der Waals surface area contributed by atoms with E-state index < -0.39 is 16.0 Å². The highest BCUT2D eigenvalue weighted by Crippen LogP contribution is 2.32. The van der Waals surface area contributed by atoms with E-state index in [9.17, 15) is 13.2 Å². The van der Waals surface area contributed by atoms with Gasteiger partial charge in [-0.1, -0.05) is 32.0 Å². The molecule has 170 valence electrons. The van der Waals surface area contributed by atoms with Crippen molar-refractivity contribution in [3.63, 3.8) is 0 Å². The topological polar surface area (TPSA) is 76.8 Å². The van der Waals surface area contributed by atoms with E-state index in [1.807, 2.05) is 24.3 Å². The second kappa shape index (κ2) is 8.32. The van der Waals surface area contributed by atoms with Crippen molar-refractivity contribution in [1.82, 2.24) is 4.31 Å². The number of sulfonamides is 1. The molecule has 0 radical (unpaired) electrons. The average molecular weight is 464 g/mol. The lowest BCUT2D eigenvalue weighted by molar-refractivity contribution is 0.0735. The third-order valence-electron chi connectivity index (χ3n) is 6.12. The van der Waals surface area contributed by atoms with Crippen LogP contribution in [0.2, 0.25) is 0 Å². The van der Waals surface area contributed by atoms with Crippen molar-refractivity contribution in [1.29, 1.82) is 0 Å². The summed E-state index contributed by atoms with van der Waals surface area (Å²) in [6, 6.07) is 18.8. The minimum absolute atomic E-state index is 0.187. The molecule has 33 heavy (non-hydrogen) atoms. The van der Waals surface area contributed by atoms with E-state index in [1.165, 1.54) is 24.3 Å². The predicted octanol–water partition coefficient (Wildman–Crippen LogP) is 5.47. The van der Waals surface area contributed by atoms with Gasteiger partial charge in [0.15, 0.2) is 0 Å². The molecule has 0 amide bonds. The number of piperidine rings is 1. The van der Waals surface area contributed by atoms with E-state index >= 15 is 0 Å². The lowest BCUT2D eigenvalue weighted by Gasteiger charge is -2.34. The van der Waals surface area contributed by atoms with Gasteiger partial charge in [0.1, 0.15) is 16.9 Å². The van der Waals surface area contributed by atoms with Crippen LogP contribution < -0.4 is 4.74 Å². The molecular formula is C26H25NO5S. The Morgan fingerprint density at radius 1 is 0.909 bits per heavy atom. The van der Waals surface area contributed by atoms with Gasteiger partial charge in [0.05, 0.1) is 10.5 Å². The summed E-state index contributed by atoms with van der Waals surface area (Å²) < 4.78 is 39.0. The number of rotatable bonds is 4. The minimum atomic E-state index is -3.60. The van der Waals surface area contributed by atoms with Gasteiger partial charge in [0.2, 0.25) is 10.0 Å². The first-order valence-corrected chi connectivity index (χ1v) is 12.5. The molecule has 1 fully saturated rings. The molecule has 0 saturated carbocycles. The van der Waals surface area contributed by atoms with Gasteiger partial charge < -0.3 is 9.15 Å². The third-order valence-corrected chi connectivity index (χ3v) is 7.97. The number of nitrogens with zero attached hydrogens (tertiary/aromatic N) is 1. The first kappa shape index (κ1) is 21.7. The molecule has 5 rings (SSSR count). The molecule has 0 spiro atoms. The Hall–Kier alpha value is -3.16. The highest BCUT2D eigenvalue weighted by Gasteiger charge is 2.31. The van der Waals surface area contributed by atoms with Crippen molar-refractivity contribution in [3.8, 4) is 5.75 Å². The molecule has 2 heterocycles. The zero-order valence-corrected chi connectivity index (χ0v) is 19.3. The predicted molar refractivity (Wildman–Crippen MR) is 127 cm³/mol. The average Bonchev–Trinajstić information content (AvgIpc) is 3.16. The van der Waals surface area contributed by atoms with Crippen LogP contribution in [0.1, 0.15) is 30.6 Å². The maximum absolute atomic E-state index is 13.1. The Kier molecular flexibility index (Phi) is 5.46. The summed E-state index contributed by atoms with van der Waals surface area (Å²) in [6.45, 7) is 5.17. The van der Waals surface area contributed by atoms with Crippen LogP contribution in [0, 0.1) is 11.8 Å². The summed E-state index contributed by atoms with van der Waals surface area (Å²) in [5.74, 6) is 0.489. The van der Waals surface area contributed by atoms with Crippen LogP contribution in [0.15, 0.2) is 76.0 Å². The number of fused-ring (bicyclic) bond motifs is 3. The molecule has 2 atom stereocenters. The number of benzene rings is 3. The number of furan rings is 1. The summed E-state index contributed by atoms with van der Waals surface area (Å²) in [5.41, 5.74) is 1.77. The number of hydrogen-bond donors (Lipinski definition) is 0. The van der Waals surface area contributed by atoms with Crippen molar-refractivity contribution < 1.29 is 22.4 Å². The molecule has 0 N–H and O–H groups in total. The van der Waals surface area contributed by atoms with Gasteiger partial charge in [0, 0.05) is 23.9 Å². The van der Waals surface area contributed by atoms with Gasteiger partial charge in [-0.25, -0.2) is 13.2 Å². The van der Waals surface area contributed by atoms with Crippen LogP contribution in [0.5, 0.6) is 5.75 Å². The van der Waals surface area contributed by atoms with Crippen molar-refractivity contribution in [3.05, 3.63) is 72.3 Å². The van der Waals surface area contributed by atoms with E-state index in [0.29, 0.717) is 36.3 Å². The van der Waals surface area contributed by atoms with Gasteiger partial charge in [-0.3, -0.25) is 0 Å². The third kappa shape index (κ3) is 4.14. The van der Waals surface area contributed by atoms with Crippen LogP contribution in [-0.2, 0) is 10.0 Å². The first-order valence-electron chi connectivity index (χ1n) is 11.0. The number of carbonyl (C=O) groups excluding carboxylic acids is 1. The standard InChI is InChI=1S/C26H25NO5S/c1-17-13-18(2)16-27(15-17)33(29,30)21-10-7-19(8-11-21)26(28)31-20-9-12-25-23(14-20)22-5-3-4-6-24(22)32-25/h3-12,14,17-18H,13,15-16H2,1-2H3. The first-order chi connectivity index (χ1) is 15.8. The Bertz CT molecular complexity index is 1430. The quantitative estimate of drug-likeness (QED) is 0.296. The SMILES string of the molecule is CC1CC(C)CN(S(=O)(=O)c2ccc(C(=O)Oc3ccc4oc5ccccc5c4c3)cc2)C1. The van der Waals surface area contributed by atoms with Gasteiger partial charge in [0.25, 0.3) is 0 Å². The Morgan fingerprint density at radius 2 is 1.58 bits per heavy atom. The molecule has 7 heteroatoms. The molecule has 1 aliphatic rings. The van der Waals surface area contributed by atoms with E-state index in [1.54, 1.807) is 22.5 Å². The highest BCUT2D eigenvalue weighted by molar-refractivity contribution is 7.89. The molecule has 4 aromatic rings. The molecule has 1 aliphatic heterocycles. The summed E-state index contributed by atoms with van der Waals surface area (Å²) in [6.07, 6.45) is 1.03. The lowest BCUT2D eigenvalue weighted by Crippen LogP contribution is -2.42. The maximum atomic E-state index is 13.1. The highest BCUT2D eigenvalue weighted by atomic mass is 32.2. The Morgan fingerprint density at radius 3 is 2.30 bits per heavy atom. The number of hydrogen-bond acceptors (Lipinski definition) is 5. The number of carbonyl (C=O) groups is 1. The number of esters is 1. The number of para-hydroxylation sites is 1. The minimum Gasteiger partial charge on any atom is -0.456 e. The zero-order chi connectivity index (χ0) is 23.2. The van der Waals surface area contributed by atoms with Crippen molar-refractivity contribution in [2.45, 2.75) is 25.2 Å². The smallest absolute Gasteiger partial charge is 0.343 e. The van der Waals surface area contributed by atoms with Gasteiger partial charge in [-0.05, 0) is 66.8 Å². The second-order valence-corrected chi connectivity index (χ2v) is 10.9. The molecule has 2 unspecified atom stereocenters. The van der Waals surface area contributed by atoms with Crippen LogP contribution >= 0.6 is 0 Å². The van der Waals surface area contributed by atoms with Crippen LogP contribution in [-0.4, -0.2) is 31.8 Å². The molecule has 0 aliphatic carbocycles. The van der Waals surface area contributed by atoms with Gasteiger partial charge in [-0.2, -0.15) is 4.31 Å². The van der Waals surface area contributed by atoms with E-state index in [4.69, 9.17) is 9.15 Å². The van der Waals surface area contributed by atoms with Crippen LogP contribution in [0.25, 0.3) is 21.9 Å². The molecule has 1 saturated heterocycles. The monoisotopic (exact) mass is 463 g/mol. The maximum Gasteiger partial charge on any atom is 0.343 e. The van der Waals surface area contributed by atoms with E-state index in [2.05, 4.69) is 13.8 Å². The molecule has 6 nitrogen and oxygen atoms in total. The van der Waals surface area contributed by atoms with Crippen molar-refractivity contribution >= 4 is 37.9 Å². The molecule has 1 aromatic heterocycles. The Labute approximate surface area is 192 Å². The summed E-state index contributed by atoms with van der Waals surface area (Å²) in [4.78, 5) is 12.9. The number of ether oxygens (including phenoxy) is 1. The van der Waals surface area contributed by atoms with Crippen molar-refractivity contribution in [2.24, 2.45) is 11.8 Å². The largest absolute Gasteiger partial charge is 0.456 e. The fraction of sp³-hybridized carbons (Fsp3) is 0.269. The van der Waals surface area contributed by atoms with Gasteiger partial charge in [-0.15, -0.1) is 0 Å². The molecular weight excluding hydrogens is 438 g/mol. The fourth-order valence-electron chi connectivity index (χ4n) is 4.65. The van der Waals surface area contributed by atoms with E-state index in [0.717, 1.165) is 22.8 Å². The zero-order valence-electron chi connectivity index (χ0n) is 18.5. The fourth-order valence-corrected chi connectivity index (χ4v) is 6.33. The van der Waals surface area contributed by atoms with Gasteiger partial charge >= 0.3 is 5.97 Å². The van der Waals surface area contributed by atoms with E-state index in [-0.39, 0.29) is 10.5 Å². The van der Waals surface area contributed by atoms with Crippen LogP contribution in [0.4, 0.5) is 0 Å². The summed E-state index contributed by atoms with van der Waals surface area (Å²) >= 11 is 0. The molecule has 3 aromatic carbocycles. The van der Waals surface area contributed by atoms with Crippen LogP contribution in [0.3, 0.4) is 0 Å². The normalized spacial score (nSPS) is 19.7. The summed E-state index contributed by atoms with van der Waals surface area (Å²) in [5, 5.41) is 1.81. The lowest BCUT2D eigenvalue weighted by atomic mass is 9.94. The molecule has 0 bridgehead atoms. The summed E-state index contributed by atoms with van der Waals surface area (Å²) in [7, 11) is -3.60. The second-order valence-electron chi connectivity index (χ2n) is 8.94. The van der Waals surface area contributed by atoms with Crippen molar-refractivity contribution in [2.75, 3.05) is 13.1 Å².